The number of fused-ring (bicyclic) bond motifs is 1. The molecule has 2 saturated carbocycles. The standard InChI is InChI=1S/C29H28N4O2/c1-35-27-14-7-19(17-33(23-11-12-23)29(34)20-5-3-2-4-6-20)15-24(27)21-8-13-26-25(16-21)28(31-18-30-26)32-22-9-10-22/h2-8,13-16,18,22-23H,9-12,17H2,1H3,(H,30,31,32). The second-order valence-electron chi connectivity index (χ2n) is 9.44. The Balaban J connectivity index is 1.34. The Morgan fingerprint density at radius 1 is 1.00 bits per heavy atom. The van der Waals surface area contributed by atoms with E-state index < -0.39 is 0 Å². The van der Waals surface area contributed by atoms with E-state index in [1.54, 1.807) is 13.4 Å². The maximum Gasteiger partial charge on any atom is 0.254 e. The number of benzene rings is 3. The number of hydrogen-bond donors (Lipinski definition) is 1. The number of carbonyl (C=O) groups excluding carboxylic acids is 1. The molecule has 0 atom stereocenters. The van der Waals surface area contributed by atoms with Crippen LogP contribution in [-0.2, 0) is 6.54 Å². The third-order valence-corrected chi connectivity index (χ3v) is 6.75. The lowest BCUT2D eigenvalue weighted by atomic mass is 9.99. The minimum atomic E-state index is 0.0871. The van der Waals surface area contributed by atoms with E-state index >= 15 is 0 Å². The lowest BCUT2D eigenvalue weighted by Crippen LogP contribution is -2.32. The fraction of sp³-hybridized carbons (Fsp3) is 0.276. The molecule has 2 aliphatic rings. The monoisotopic (exact) mass is 464 g/mol. The van der Waals surface area contributed by atoms with Gasteiger partial charge in [0, 0.05) is 35.1 Å². The van der Waals surface area contributed by atoms with Crippen molar-refractivity contribution in [2.75, 3.05) is 12.4 Å². The zero-order valence-corrected chi connectivity index (χ0v) is 19.8. The molecule has 176 valence electrons. The van der Waals surface area contributed by atoms with E-state index in [1.807, 2.05) is 47.4 Å². The normalized spacial score (nSPS) is 15.1. The maximum absolute atomic E-state index is 13.3. The van der Waals surface area contributed by atoms with Crippen LogP contribution in [0.1, 0.15) is 41.6 Å². The number of carbonyl (C=O) groups is 1. The molecule has 1 heterocycles. The van der Waals surface area contributed by atoms with Crippen molar-refractivity contribution in [3.63, 3.8) is 0 Å². The first-order valence-corrected chi connectivity index (χ1v) is 12.2. The zero-order chi connectivity index (χ0) is 23.8. The van der Waals surface area contributed by atoms with Crippen molar-refractivity contribution >= 4 is 22.6 Å². The molecule has 6 nitrogen and oxygen atoms in total. The molecule has 2 fully saturated rings. The average molecular weight is 465 g/mol. The topological polar surface area (TPSA) is 67.3 Å². The average Bonchev–Trinajstić information content (AvgIpc) is 3.83. The molecule has 0 radical (unpaired) electrons. The number of aromatic nitrogens is 2. The molecule has 1 amide bonds. The molecule has 6 heteroatoms. The van der Waals surface area contributed by atoms with Gasteiger partial charge in [-0.2, -0.15) is 0 Å². The molecule has 0 unspecified atom stereocenters. The molecule has 0 aliphatic heterocycles. The summed E-state index contributed by atoms with van der Waals surface area (Å²) in [5.74, 6) is 1.76. The highest BCUT2D eigenvalue weighted by Crippen LogP contribution is 2.36. The van der Waals surface area contributed by atoms with Gasteiger partial charge in [0.1, 0.15) is 17.9 Å². The summed E-state index contributed by atoms with van der Waals surface area (Å²) >= 11 is 0. The van der Waals surface area contributed by atoms with Gasteiger partial charge in [0.25, 0.3) is 5.91 Å². The van der Waals surface area contributed by atoms with Crippen LogP contribution >= 0.6 is 0 Å². The molecule has 4 aromatic rings. The van der Waals surface area contributed by atoms with Crippen molar-refractivity contribution in [3.8, 4) is 16.9 Å². The lowest BCUT2D eigenvalue weighted by molar-refractivity contribution is 0.0730. The minimum Gasteiger partial charge on any atom is -0.496 e. The fourth-order valence-electron chi connectivity index (χ4n) is 4.54. The fourth-order valence-corrected chi connectivity index (χ4v) is 4.54. The molecular formula is C29H28N4O2. The number of ether oxygens (including phenoxy) is 1. The van der Waals surface area contributed by atoms with Crippen molar-refractivity contribution in [2.45, 2.75) is 44.3 Å². The van der Waals surface area contributed by atoms with Crippen molar-refractivity contribution in [2.24, 2.45) is 0 Å². The molecule has 2 aliphatic carbocycles. The smallest absolute Gasteiger partial charge is 0.254 e. The Bertz CT molecular complexity index is 1380. The number of methoxy groups -OCH3 is 1. The van der Waals surface area contributed by atoms with E-state index in [0.717, 1.165) is 57.6 Å². The molecule has 1 aromatic heterocycles. The molecule has 0 bridgehead atoms. The highest BCUT2D eigenvalue weighted by atomic mass is 16.5. The van der Waals surface area contributed by atoms with Crippen LogP contribution in [0.2, 0.25) is 0 Å². The quantitative estimate of drug-likeness (QED) is 0.363. The van der Waals surface area contributed by atoms with E-state index in [9.17, 15) is 4.79 Å². The third-order valence-electron chi connectivity index (χ3n) is 6.75. The molecular weight excluding hydrogens is 436 g/mol. The van der Waals surface area contributed by atoms with Gasteiger partial charge in [0.05, 0.1) is 12.6 Å². The summed E-state index contributed by atoms with van der Waals surface area (Å²) in [5.41, 5.74) is 4.76. The van der Waals surface area contributed by atoms with Gasteiger partial charge in [-0.1, -0.05) is 30.3 Å². The summed E-state index contributed by atoms with van der Waals surface area (Å²) < 4.78 is 5.73. The van der Waals surface area contributed by atoms with Crippen LogP contribution in [0.5, 0.6) is 5.75 Å². The highest BCUT2D eigenvalue weighted by molar-refractivity contribution is 5.95. The van der Waals surface area contributed by atoms with Crippen molar-refractivity contribution < 1.29 is 9.53 Å². The van der Waals surface area contributed by atoms with Gasteiger partial charge in [-0.25, -0.2) is 9.97 Å². The van der Waals surface area contributed by atoms with Gasteiger partial charge in [0.15, 0.2) is 0 Å². The molecule has 0 spiro atoms. The SMILES string of the molecule is COc1ccc(CN(C(=O)c2ccccc2)C2CC2)cc1-c1ccc2ncnc(NC3CC3)c2c1. The summed E-state index contributed by atoms with van der Waals surface area (Å²) in [7, 11) is 1.69. The summed E-state index contributed by atoms with van der Waals surface area (Å²) in [6, 6.07) is 22.8. The van der Waals surface area contributed by atoms with E-state index in [4.69, 9.17) is 4.74 Å². The zero-order valence-electron chi connectivity index (χ0n) is 19.8. The summed E-state index contributed by atoms with van der Waals surface area (Å²) in [6.45, 7) is 0.570. The highest BCUT2D eigenvalue weighted by Gasteiger charge is 2.33. The van der Waals surface area contributed by atoms with Gasteiger partial charge >= 0.3 is 0 Å². The van der Waals surface area contributed by atoms with Gasteiger partial charge < -0.3 is 15.0 Å². The van der Waals surface area contributed by atoms with E-state index in [-0.39, 0.29) is 5.91 Å². The predicted octanol–water partition coefficient (Wildman–Crippen LogP) is 5.68. The largest absolute Gasteiger partial charge is 0.496 e. The van der Waals surface area contributed by atoms with Crippen LogP contribution in [0.4, 0.5) is 5.82 Å². The third kappa shape index (κ3) is 4.56. The van der Waals surface area contributed by atoms with Crippen molar-refractivity contribution in [1.82, 2.24) is 14.9 Å². The Morgan fingerprint density at radius 3 is 2.57 bits per heavy atom. The van der Waals surface area contributed by atoms with E-state index in [1.165, 1.54) is 12.8 Å². The Labute approximate surface area is 205 Å². The number of nitrogens with one attached hydrogen (secondary N) is 1. The predicted molar refractivity (Wildman–Crippen MR) is 138 cm³/mol. The van der Waals surface area contributed by atoms with Gasteiger partial charge in [-0.3, -0.25) is 4.79 Å². The van der Waals surface area contributed by atoms with Crippen molar-refractivity contribution in [1.29, 1.82) is 0 Å². The summed E-state index contributed by atoms with van der Waals surface area (Å²) in [6.07, 6.45) is 6.09. The maximum atomic E-state index is 13.3. The van der Waals surface area contributed by atoms with E-state index in [2.05, 4.69) is 39.6 Å². The first kappa shape index (κ1) is 21.6. The van der Waals surface area contributed by atoms with Gasteiger partial charge in [-0.15, -0.1) is 0 Å². The van der Waals surface area contributed by atoms with Crippen LogP contribution in [0.25, 0.3) is 22.0 Å². The Kier molecular flexibility index (Phi) is 5.57. The van der Waals surface area contributed by atoms with Gasteiger partial charge in [-0.05, 0) is 73.2 Å². The molecule has 3 aromatic carbocycles. The molecule has 35 heavy (non-hydrogen) atoms. The second kappa shape index (κ2) is 9.02. The first-order chi connectivity index (χ1) is 17.2. The number of nitrogens with zero attached hydrogens (tertiary/aromatic N) is 3. The van der Waals surface area contributed by atoms with E-state index in [0.29, 0.717) is 18.6 Å². The second-order valence-corrected chi connectivity index (χ2v) is 9.44. The Morgan fingerprint density at radius 2 is 1.83 bits per heavy atom. The number of rotatable bonds is 8. The minimum absolute atomic E-state index is 0.0871. The van der Waals surface area contributed by atoms with Crippen LogP contribution in [0.15, 0.2) is 73.1 Å². The van der Waals surface area contributed by atoms with Crippen LogP contribution < -0.4 is 10.1 Å². The Hall–Kier alpha value is -3.93. The molecule has 0 saturated heterocycles. The number of amides is 1. The summed E-state index contributed by atoms with van der Waals surface area (Å²) in [5, 5.41) is 4.53. The van der Waals surface area contributed by atoms with Crippen LogP contribution in [0.3, 0.4) is 0 Å². The van der Waals surface area contributed by atoms with Crippen LogP contribution in [0, 0.1) is 0 Å². The first-order valence-electron chi connectivity index (χ1n) is 12.2. The molecule has 1 N–H and O–H groups in total. The summed E-state index contributed by atoms with van der Waals surface area (Å²) in [4.78, 5) is 24.2. The van der Waals surface area contributed by atoms with Gasteiger partial charge in [0.2, 0.25) is 0 Å². The molecule has 6 rings (SSSR count). The number of hydrogen-bond acceptors (Lipinski definition) is 5. The van der Waals surface area contributed by atoms with Crippen LogP contribution in [-0.4, -0.2) is 40.0 Å². The lowest BCUT2D eigenvalue weighted by Gasteiger charge is -2.23. The van der Waals surface area contributed by atoms with Crippen molar-refractivity contribution in [3.05, 3.63) is 84.2 Å². The number of anilines is 1.